The molecule has 2 aliphatic carbocycles. The predicted octanol–water partition coefficient (Wildman–Crippen LogP) is 4.90. The third-order valence-electron chi connectivity index (χ3n) is 8.99. The summed E-state index contributed by atoms with van der Waals surface area (Å²) in [6.45, 7) is 2.32. The Hall–Kier alpha value is -3.68. The Morgan fingerprint density at radius 2 is 1.33 bits per heavy atom. The Bertz CT molecular complexity index is 1230. The fraction of sp³-hybridized carbons (Fsp3) is 0.467. The Balaban J connectivity index is 1.91. The van der Waals surface area contributed by atoms with E-state index >= 15 is 0 Å². The molecule has 0 amide bonds. The molecule has 1 saturated heterocycles. The fourth-order valence-electron chi connectivity index (χ4n) is 7.76. The van der Waals surface area contributed by atoms with Crippen molar-refractivity contribution in [3.8, 4) is 24.3 Å². The van der Waals surface area contributed by atoms with Gasteiger partial charge in [-0.05, 0) is 29.9 Å². The summed E-state index contributed by atoms with van der Waals surface area (Å²) in [7, 11) is 0. The summed E-state index contributed by atoms with van der Waals surface area (Å²) < 4.78 is 5.70. The average Bonchev–Trinajstić information content (AvgIpc) is 2.97. The van der Waals surface area contributed by atoms with Gasteiger partial charge in [0.1, 0.15) is 0 Å². The number of fused-ring (bicyclic) bond motifs is 1. The lowest BCUT2D eigenvalue weighted by Gasteiger charge is -2.66. The van der Waals surface area contributed by atoms with Crippen molar-refractivity contribution in [1.82, 2.24) is 4.90 Å². The van der Waals surface area contributed by atoms with Gasteiger partial charge in [-0.3, -0.25) is 4.90 Å². The molecule has 2 aromatic rings. The lowest BCUT2D eigenvalue weighted by molar-refractivity contribution is -0.148. The minimum atomic E-state index is -1.59. The summed E-state index contributed by atoms with van der Waals surface area (Å²) in [5.74, 6) is -1.55. The highest BCUT2D eigenvalue weighted by Gasteiger charge is 2.76. The van der Waals surface area contributed by atoms with Crippen LogP contribution >= 0.6 is 0 Å². The van der Waals surface area contributed by atoms with Gasteiger partial charge in [-0.2, -0.15) is 21.0 Å². The van der Waals surface area contributed by atoms with Crippen LogP contribution < -0.4 is 0 Å². The highest BCUT2D eigenvalue weighted by atomic mass is 16.5. The van der Waals surface area contributed by atoms with E-state index in [2.05, 4.69) is 29.2 Å². The van der Waals surface area contributed by atoms with Crippen molar-refractivity contribution >= 4 is 0 Å². The zero-order chi connectivity index (χ0) is 25.2. The van der Waals surface area contributed by atoms with E-state index in [0.29, 0.717) is 38.3 Å². The van der Waals surface area contributed by atoms with E-state index in [1.807, 2.05) is 60.7 Å². The third kappa shape index (κ3) is 3.13. The molecular weight excluding hydrogens is 446 g/mol. The van der Waals surface area contributed by atoms with Gasteiger partial charge in [-0.25, -0.2) is 0 Å². The normalized spacial score (nSPS) is 30.9. The largest absolute Gasteiger partial charge is 0.379 e. The number of ether oxygens (including phenoxy) is 1. The lowest BCUT2D eigenvalue weighted by atomic mass is 9.37. The molecule has 4 unspecified atom stereocenters. The van der Waals surface area contributed by atoms with Crippen molar-refractivity contribution in [2.45, 2.75) is 43.1 Å². The average molecular weight is 476 g/mol. The Morgan fingerprint density at radius 1 is 0.750 bits per heavy atom. The zero-order valence-electron chi connectivity index (χ0n) is 20.3. The molecule has 0 spiro atoms. The molecule has 1 aliphatic heterocycles. The summed E-state index contributed by atoms with van der Waals surface area (Å²) >= 11 is 0. The first-order valence-corrected chi connectivity index (χ1v) is 12.7. The molecule has 6 nitrogen and oxygen atoms in total. The SMILES string of the molecule is N#CC1(C#N)C(c2ccccc2)C2CCCCC2(N2CCOCC2)C(C#N)(C#N)C1c1ccccc1. The van der Waals surface area contributed by atoms with Crippen LogP contribution in [-0.2, 0) is 4.74 Å². The molecule has 0 N–H and O–H groups in total. The number of nitrogens with zero attached hydrogens (tertiary/aromatic N) is 5. The molecule has 0 bridgehead atoms. The van der Waals surface area contributed by atoms with Crippen molar-refractivity contribution in [2.24, 2.45) is 16.7 Å². The van der Waals surface area contributed by atoms with Gasteiger partial charge in [0.2, 0.25) is 0 Å². The predicted molar refractivity (Wildman–Crippen MR) is 133 cm³/mol. The summed E-state index contributed by atoms with van der Waals surface area (Å²) in [5, 5.41) is 43.9. The van der Waals surface area contributed by atoms with E-state index in [1.54, 1.807) is 0 Å². The molecule has 4 atom stereocenters. The quantitative estimate of drug-likeness (QED) is 0.625. The van der Waals surface area contributed by atoms with Crippen LogP contribution in [0.2, 0.25) is 0 Å². The molecule has 3 fully saturated rings. The van der Waals surface area contributed by atoms with Gasteiger partial charge in [0.25, 0.3) is 0 Å². The smallest absolute Gasteiger partial charge is 0.171 e. The van der Waals surface area contributed by atoms with E-state index in [0.717, 1.165) is 24.8 Å². The van der Waals surface area contributed by atoms with Crippen LogP contribution in [-0.4, -0.2) is 36.7 Å². The van der Waals surface area contributed by atoms with Gasteiger partial charge in [-0.1, -0.05) is 73.5 Å². The molecule has 3 aliphatic rings. The third-order valence-corrected chi connectivity index (χ3v) is 8.99. The monoisotopic (exact) mass is 475 g/mol. The van der Waals surface area contributed by atoms with E-state index in [-0.39, 0.29) is 5.92 Å². The van der Waals surface area contributed by atoms with E-state index < -0.39 is 28.2 Å². The topological polar surface area (TPSA) is 108 Å². The van der Waals surface area contributed by atoms with Crippen LogP contribution in [0.3, 0.4) is 0 Å². The van der Waals surface area contributed by atoms with Gasteiger partial charge in [0, 0.05) is 19.0 Å². The first kappa shape index (κ1) is 24.0. The highest BCUT2D eigenvalue weighted by Crippen LogP contribution is 2.71. The number of hydrogen-bond donors (Lipinski definition) is 0. The maximum atomic E-state index is 11.0. The van der Waals surface area contributed by atoms with E-state index in [4.69, 9.17) is 4.74 Å². The molecule has 0 aromatic heterocycles. The molecule has 36 heavy (non-hydrogen) atoms. The molecule has 5 rings (SSSR count). The zero-order valence-corrected chi connectivity index (χ0v) is 20.3. The van der Waals surface area contributed by atoms with Crippen LogP contribution in [0.1, 0.15) is 48.6 Å². The van der Waals surface area contributed by atoms with Crippen LogP contribution in [0.25, 0.3) is 0 Å². The fourth-order valence-corrected chi connectivity index (χ4v) is 7.76. The second-order valence-electron chi connectivity index (χ2n) is 10.2. The Kier molecular flexibility index (Phi) is 6.28. The highest BCUT2D eigenvalue weighted by molar-refractivity contribution is 5.51. The Labute approximate surface area is 212 Å². The first-order chi connectivity index (χ1) is 17.6. The van der Waals surface area contributed by atoms with Crippen LogP contribution in [0.5, 0.6) is 0 Å². The number of morpholine rings is 1. The maximum absolute atomic E-state index is 11.0. The summed E-state index contributed by atoms with van der Waals surface area (Å²) in [4.78, 5) is 2.32. The number of benzene rings is 2. The van der Waals surface area contributed by atoms with Gasteiger partial charge in [-0.15, -0.1) is 0 Å². The van der Waals surface area contributed by atoms with Crippen LogP contribution in [0.15, 0.2) is 60.7 Å². The second-order valence-corrected chi connectivity index (χ2v) is 10.2. The molecule has 2 saturated carbocycles. The lowest BCUT2D eigenvalue weighted by Crippen LogP contribution is -2.74. The number of hydrogen-bond acceptors (Lipinski definition) is 6. The molecule has 6 heteroatoms. The maximum Gasteiger partial charge on any atom is 0.171 e. The molecule has 1 heterocycles. The molecule has 2 aromatic carbocycles. The van der Waals surface area contributed by atoms with Gasteiger partial charge in [0.05, 0.1) is 48.9 Å². The summed E-state index contributed by atoms with van der Waals surface area (Å²) in [6.07, 6.45) is 3.27. The van der Waals surface area contributed by atoms with Crippen molar-refractivity contribution in [1.29, 1.82) is 21.0 Å². The minimum Gasteiger partial charge on any atom is -0.379 e. The van der Waals surface area contributed by atoms with Crippen molar-refractivity contribution in [3.05, 3.63) is 71.8 Å². The van der Waals surface area contributed by atoms with Gasteiger partial charge < -0.3 is 4.74 Å². The van der Waals surface area contributed by atoms with E-state index in [1.165, 1.54) is 0 Å². The van der Waals surface area contributed by atoms with E-state index in [9.17, 15) is 21.0 Å². The van der Waals surface area contributed by atoms with Crippen molar-refractivity contribution in [2.75, 3.05) is 26.3 Å². The standard InChI is InChI=1S/C30H29N5O/c31-19-28(20-32)26(23-9-3-1-4-10-23)25-13-7-8-14-30(25,35-15-17-36-18-16-35)29(21-33,22-34)27(28)24-11-5-2-6-12-24/h1-6,9-12,25-27H,7-8,13-18H2. The molecular formula is C30H29N5O. The minimum absolute atomic E-state index is 0.203. The van der Waals surface area contributed by atoms with Crippen molar-refractivity contribution in [3.63, 3.8) is 0 Å². The van der Waals surface area contributed by atoms with Crippen LogP contribution in [0, 0.1) is 62.1 Å². The van der Waals surface area contributed by atoms with Crippen LogP contribution in [0.4, 0.5) is 0 Å². The Morgan fingerprint density at radius 3 is 1.89 bits per heavy atom. The molecule has 180 valence electrons. The van der Waals surface area contributed by atoms with Gasteiger partial charge in [0.15, 0.2) is 10.8 Å². The summed E-state index contributed by atoms with van der Waals surface area (Å²) in [6, 6.07) is 29.0. The second kappa shape index (κ2) is 9.41. The number of nitriles is 4. The summed E-state index contributed by atoms with van der Waals surface area (Å²) in [5.41, 5.74) is -2.37. The molecule has 0 radical (unpaired) electrons. The number of rotatable bonds is 3. The van der Waals surface area contributed by atoms with Crippen molar-refractivity contribution < 1.29 is 4.74 Å². The first-order valence-electron chi connectivity index (χ1n) is 12.7. The van der Waals surface area contributed by atoms with Gasteiger partial charge >= 0.3 is 0 Å².